The van der Waals surface area contributed by atoms with Crippen LogP contribution in [0.2, 0.25) is 0 Å². The lowest BCUT2D eigenvalue weighted by Gasteiger charge is -2.34. The molecule has 0 radical (unpaired) electrons. The van der Waals surface area contributed by atoms with Crippen molar-refractivity contribution in [1.29, 1.82) is 0 Å². The number of benzene rings is 10. The smallest absolute Gasteiger partial charge is 0.309 e. The second-order valence-electron chi connectivity index (χ2n) is 19.3. The van der Waals surface area contributed by atoms with Gasteiger partial charge in [0.15, 0.2) is 21.8 Å². The number of hydrogen-bond donors (Lipinski definition) is 0. The van der Waals surface area contributed by atoms with Gasteiger partial charge in [0.1, 0.15) is 0 Å². The number of para-hydroxylation sites is 1. The molecule has 75 heavy (non-hydrogen) atoms. The van der Waals surface area contributed by atoms with Gasteiger partial charge in [-0.05, 0) is 81.9 Å². The summed E-state index contributed by atoms with van der Waals surface area (Å²) in [4.78, 5) is 5.76. The molecule has 0 N–H and O–H groups in total. The second kappa shape index (κ2) is 19.6. The number of nitrogens with zero attached hydrogens (tertiary/aromatic N) is 3. The number of pyridine rings is 2. The zero-order valence-corrected chi connectivity index (χ0v) is 43.4. The van der Waals surface area contributed by atoms with Crippen molar-refractivity contribution in [3.05, 3.63) is 316 Å². The van der Waals surface area contributed by atoms with E-state index in [-0.39, 0.29) is 0 Å². The highest BCUT2D eigenvalue weighted by Gasteiger charge is 2.43. The quantitative estimate of drug-likeness (QED) is 0.0679. The zero-order chi connectivity index (χ0) is 50.0. The fourth-order valence-corrected chi connectivity index (χ4v) is 21.4. The topological polar surface area (TPSA) is 21.7 Å². The van der Waals surface area contributed by atoms with Gasteiger partial charge in [-0.1, -0.05) is 267 Å². The Kier molecular flexibility index (Phi) is 11.9. The number of fused-ring (bicyclic) bond motifs is 3. The van der Waals surface area contributed by atoms with E-state index in [1.54, 1.807) is 0 Å². The molecule has 0 aliphatic rings. The van der Waals surface area contributed by atoms with Crippen LogP contribution in [0.1, 0.15) is 0 Å². The van der Waals surface area contributed by atoms with E-state index in [4.69, 9.17) is 4.98 Å². The van der Waals surface area contributed by atoms with Crippen LogP contribution in [0, 0.1) is 0 Å². The molecule has 3 aromatic heterocycles. The molecule has 0 aliphatic heterocycles. The van der Waals surface area contributed by atoms with E-state index in [1.165, 1.54) is 63.4 Å². The van der Waals surface area contributed by atoms with Gasteiger partial charge in [-0.25, -0.2) is 4.57 Å². The van der Waals surface area contributed by atoms with Crippen molar-refractivity contribution in [1.82, 2.24) is 9.55 Å². The third-order valence-corrected chi connectivity index (χ3v) is 24.7. The molecular weight excluding hydrogens is 939 g/mol. The van der Waals surface area contributed by atoms with Gasteiger partial charge in [-0.15, -0.1) is 0 Å². The lowest BCUT2D eigenvalue weighted by molar-refractivity contribution is -0.598. The molecule has 0 saturated heterocycles. The largest absolute Gasteiger partial charge is 0.330 e. The molecule has 13 aromatic rings. The maximum atomic E-state index is 5.76. The summed E-state index contributed by atoms with van der Waals surface area (Å²) in [7, 11) is -5.76. The fraction of sp³-hybridized carbons (Fsp3) is 0. The van der Waals surface area contributed by atoms with Crippen LogP contribution in [0.5, 0.6) is 0 Å². The van der Waals surface area contributed by atoms with Gasteiger partial charge in [0.2, 0.25) is 0 Å². The summed E-state index contributed by atoms with van der Waals surface area (Å²) < 4.78 is 4.71. The van der Waals surface area contributed by atoms with E-state index in [1.807, 2.05) is 0 Å². The third kappa shape index (κ3) is 7.97. The van der Waals surface area contributed by atoms with Gasteiger partial charge in [-0.2, -0.15) is 0 Å². The highest BCUT2D eigenvalue weighted by atomic mass is 28.3. The molecule has 354 valence electrons. The van der Waals surface area contributed by atoms with E-state index in [9.17, 15) is 0 Å². The maximum Gasteiger partial charge on any atom is 0.330 e. The lowest BCUT2D eigenvalue weighted by Crippen LogP contribution is -2.75. The zero-order valence-electron chi connectivity index (χ0n) is 41.4. The summed E-state index contributed by atoms with van der Waals surface area (Å²) in [5, 5.41) is 12.9. The Morgan fingerprint density at radius 3 is 1.25 bits per heavy atom. The van der Waals surface area contributed by atoms with Crippen LogP contribution >= 0.6 is 0 Å². The summed E-state index contributed by atoms with van der Waals surface area (Å²) >= 11 is 0. The van der Waals surface area contributed by atoms with Crippen molar-refractivity contribution in [2.75, 3.05) is 0 Å². The minimum atomic E-state index is -2.89. The predicted molar refractivity (Wildman–Crippen MR) is 318 cm³/mol. The van der Waals surface area contributed by atoms with Crippen molar-refractivity contribution in [3.8, 4) is 33.9 Å². The molecule has 0 amide bonds. The average molecular weight is 991 g/mol. The van der Waals surface area contributed by atoms with Crippen LogP contribution in [0.4, 0.5) is 0 Å². The first-order valence-corrected chi connectivity index (χ1v) is 29.8. The first-order chi connectivity index (χ1) is 37.2. The van der Waals surface area contributed by atoms with Crippen LogP contribution in [-0.4, -0.2) is 25.7 Å². The molecule has 0 unspecified atom stereocenters. The molecule has 13 rings (SSSR count). The summed E-state index contributed by atoms with van der Waals surface area (Å²) in [5.74, 6) is 0.830. The molecule has 3 nitrogen and oxygen atoms in total. The van der Waals surface area contributed by atoms with Crippen molar-refractivity contribution in [2.24, 2.45) is 0 Å². The van der Waals surface area contributed by atoms with Gasteiger partial charge in [0.25, 0.3) is 0 Å². The Balaban J connectivity index is 1.08. The summed E-state index contributed by atoms with van der Waals surface area (Å²) in [6.07, 6.45) is 4.54. The molecule has 0 aliphatic carbocycles. The van der Waals surface area contributed by atoms with Gasteiger partial charge in [0, 0.05) is 22.4 Å². The van der Waals surface area contributed by atoms with E-state index < -0.39 is 16.1 Å². The molecular formula is C70H52N3Si2+. The minimum Gasteiger partial charge on any atom is -0.309 e. The minimum absolute atomic E-state index is 0.830. The van der Waals surface area contributed by atoms with Crippen LogP contribution in [0.3, 0.4) is 0 Å². The normalized spacial score (nSPS) is 11.7. The number of rotatable bonds is 12. The Labute approximate surface area is 440 Å². The van der Waals surface area contributed by atoms with Gasteiger partial charge >= 0.3 is 5.82 Å². The van der Waals surface area contributed by atoms with Crippen molar-refractivity contribution in [2.45, 2.75) is 0 Å². The highest BCUT2D eigenvalue weighted by molar-refractivity contribution is 7.20. The van der Waals surface area contributed by atoms with E-state index in [0.717, 1.165) is 33.8 Å². The van der Waals surface area contributed by atoms with Crippen LogP contribution in [0.25, 0.3) is 55.7 Å². The van der Waals surface area contributed by atoms with Gasteiger partial charge in [-0.3, -0.25) is 0 Å². The average Bonchev–Trinajstić information content (AvgIpc) is 3.83. The van der Waals surface area contributed by atoms with Crippen LogP contribution in [-0.2, 0) is 0 Å². The SMILES string of the molecule is c1ccc(-c2ccc3c(c2)c2ccccc2n3-c2cc(-c3cccc([Si](c4ccccc4)(c4ccccc4)c4ccccc4)c3)nc(-[n+]3cccc([Si](c4ccccc4)(c4ccccc4)c4ccccc4)c3)c2)cc1. The number of hydrogen-bond acceptors (Lipinski definition) is 1. The molecule has 10 aromatic carbocycles. The summed E-state index contributed by atoms with van der Waals surface area (Å²) in [6.45, 7) is 0. The highest BCUT2D eigenvalue weighted by Crippen LogP contribution is 2.36. The van der Waals surface area contributed by atoms with Gasteiger partial charge < -0.3 is 4.57 Å². The van der Waals surface area contributed by atoms with E-state index >= 15 is 0 Å². The predicted octanol–water partition coefficient (Wildman–Crippen LogP) is 10.5. The Morgan fingerprint density at radius 2 is 0.720 bits per heavy atom. The first kappa shape index (κ1) is 45.6. The molecule has 0 fully saturated rings. The Hall–Kier alpha value is -9.27. The Bertz CT molecular complexity index is 3710. The standard InChI is InChI=1S/C70H52N3Si2/c1-8-26-53(27-9-1)54-45-46-69-66(49-54)65-43-22-23-44-68(65)73(69)56-50-67(55-28-24-41-63(48-55)74(57-29-10-2-11-30-57,58-31-12-3-13-32-58)59-33-14-4-15-34-59)71-70(51-56)72-47-25-42-64(52-72)75(60-35-16-5-17-36-60,61-37-18-6-19-38-61)62-39-20-7-21-40-62/h1-52H/q+1. The summed E-state index contributed by atoms with van der Waals surface area (Å²) in [5.41, 5.74) is 7.65. The van der Waals surface area contributed by atoms with Crippen LogP contribution < -0.4 is 46.1 Å². The Morgan fingerprint density at radius 1 is 0.293 bits per heavy atom. The van der Waals surface area contributed by atoms with Crippen molar-refractivity contribution < 1.29 is 4.57 Å². The molecule has 5 heteroatoms. The molecule has 0 spiro atoms. The lowest BCUT2D eigenvalue weighted by atomic mass is 10.0. The molecule has 3 heterocycles. The monoisotopic (exact) mass is 990 g/mol. The molecule has 0 atom stereocenters. The van der Waals surface area contributed by atoms with E-state index in [0.29, 0.717) is 0 Å². The number of aromatic nitrogens is 3. The fourth-order valence-electron chi connectivity index (χ4n) is 11.9. The first-order valence-electron chi connectivity index (χ1n) is 25.8. The summed E-state index contributed by atoms with van der Waals surface area (Å²) in [6, 6.07) is 112. The van der Waals surface area contributed by atoms with Gasteiger partial charge in [0.05, 0.1) is 35.2 Å². The molecule has 0 saturated carbocycles. The molecule has 0 bridgehead atoms. The third-order valence-electron chi connectivity index (χ3n) is 15.2. The van der Waals surface area contributed by atoms with Crippen molar-refractivity contribution >= 4 is 79.4 Å². The van der Waals surface area contributed by atoms with Crippen molar-refractivity contribution in [3.63, 3.8) is 0 Å². The maximum absolute atomic E-state index is 5.76. The second-order valence-corrected chi connectivity index (χ2v) is 26.9. The van der Waals surface area contributed by atoms with Crippen LogP contribution in [0.15, 0.2) is 316 Å². The van der Waals surface area contributed by atoms with E-state index in [2.05, 4.69) is 325 Å².